The first-order chi connectivity index (χ1) is 15.5. The number of benzene rings is 1. The highest BCUT2D eigenvalue weighted by Crippen LogP contribution is 2.28. The van der Waals surface area contributed by atoms with Crippen LogP contribution in [0.4, 0.5) is 5.82 Å². The zero-order valence-corrected chi connectivity index (χ0v) is 18.2. The van der Waals surface area contributed by atoms with Crippen molar-refractivity contribution in [3.8, 4) is 28.9 Å². The predicted octanol–water partition coefficient (Wildman–Crippen LogP) is 3.74. The average molecular weight is 433 g/mol. The lowest BCUT2D eigenvalue weighted by atomic mass is 10.1. The standard InChI is InChI=1S/C23H23N5O4/c1-14-10-15(2)28(27-14)21-13-20(25-23(26-21)18-6-5-9-32-18)24-22(29)12-16-7-8-17(30-3)19(11-16)31-4/h5-11,13H,12H2,1-4H3,(H,24,25,26,29). The van der Waals surface area contributed by atoms with Crippen molar-refractivity contribution in [2.45, 2.75) is 20.3 Å². The summed E-state index contributed by atoms with van der Waals surface area (Å²) in [6.07, 6.45) is 1.68. The Kier molecular flexibility index (Phi) is 5.89. The number of nitrogens with one attached hydrogen (secondary N) is 1. The van der Waals surface area contributed by atoms with Gasteiger partial charge in [0.2, 0.25) is 5.91 Å². The van der Waals surface area contributed by atoms with Gasteiger partial charge in [-0.05, 0) is 49.7 Å². The van der Waals surface area contributed by atoms with E-state index in [-0.39, 0.29) is 12.3 Å². The molecule has 164 valence electrons. The summed E-state index contributed by atoms with van der Waals surface area (Å²) in [6, 6.07) is 12.5. The lowest BCUT2D eigenvalue weighted by molar-refractivity contribution is -0.115. The van der Waals surface area contributed by atoms with Crippen molar-refractivity contribution in [3.05, 3.63) is 65.7 Å². The van der Waals surface area contributed by atoms with E-state index in [1.807, 2.05) is 26.0 Å². The van der Waals surface area contributed by atoms with Gasteiger partial charge < -0.3 is 19.2 Å². The number of rotatable bonds is 7. The molecule has 4 aromatic rings. The van der Waals surface area contributed by atoms with Gasteiger partial charge >= 0.3 is 0 Å². The van der Waals surface area contributed by atoms with Gasteiger partial charge in [-0.1, -0.05) is 6.07 Å². The molecule has 0 saturated heterocycles. The molecule has 0 radical (unpaired) electrons. The molecule has 9 heteroatoms. The minimum Gasteiger partial charge on any atom is -0.493 e. The van der Waals surface area contributed by atoms with Crippen LogP contribution in [-0.4, -0.2) is 39.9 Å². The van der Waals surface area contributed by atoms with Crippen molar-refractivity contribution < 1.29 is 18.7 Å². The summed E-state index contributed by atoms with van der Waals surface area (Å²) >= 11 is 0. The first-order valence-corrected chi connectivity index (χ1v) is 9.94. The number of nitrogens with zero attached hydrogens (tertiary/aromatic N) is 4. The number of hydrogen-bond donors (Lipinski definition) is 1. The van der Waals surface area contributed by atoms with Gasteiger partial charge in [-0.25, -0.2) is 14.6 Å². The number of carbonyl (C=O) groups excluding carboxylic acids is 1. The van der Waals surface area contributed by atoms with Crippen LogP contribution in [0.5, 0.6) is 11.5 Å². The molecule has 0 aliphatic carbocycles. The maximum Gasteiger partial charge on any atom is 0.229 e. The van der Waals surface area contributed by atoms with Crippen LogP contribution < -0.4 is 14.8 Å². The summed E-state index contributed by atoms with van der Waals surface area (Å²) in [6.45, 7) is 3.84. The Bertz CT molecular complexity index is 1250. The zero-order valence-electron chi connectivity index (χ0n) is 18.2. The van der Waals surface area contributed by atoms with Gasteiger partial charge in [0.1, 0.15) is 5.82 Å². The molecule has 0 fully saturated rings. The van der Waals surface area contributed by atoms with Crippen LogP contribution in [0.15, 0.2) is 53.1 Å². The topological polar surface area (TPSA) is 104 Å². The molecule has 0 atom stereocenters. The van der Waals surface area contributed by atoms with Crippen LogP contribution >= 0.6 is 0 Å². The monoisotopic (exact) mass is 433 g/mol. The molecule has 0 unspecified atom stereocenters. The largest absolute Gasteiger partial charge is 0.493 e. The fraction of sp³-hybridized carbons (Fsp3) is 0.217. The number of amides is 1. The van der Waals surface area contributed by atoms with Crippen molar-refractivity contribution in [1.29, 1.82) is 0 Å². The molecule has 1 aromatic carbocycles. The lowest BCUT2D eigenvalue weighted by Crippen LogP contribution is -2.17. The Balaban J connectivity index is 1.63. The number of hydrogen-bond acceptors (Lipinski definition) is 7. The van der Waals surface area contributed by atoms with E-state index in [9.17, 15) is 4.79 Å². The van der Waals surface area contributed by atoms with Crippen molar-refractivity contribution in [1.82, 2.24) is 19.7 Å². The Morgan fingerprint density at radius 1 is 1.06 bits per heavy atom. The molecule has 4 rings (SSSR count). The number of aryl methyl sites for hydroxylation is 2. The maximum absolute atomic E-state index is 12.8. The molecule has 0 saturated carbocycles. The fourth-order valence-corrected chi connectivity index (χ4v) is 3.35. The van der Waals surface area contributed by atoms with Gasteiger partial charge in [0.05, 0.1) is 32.6 Å². The molecule has 32 heavy (non-hydrogen) atoms. The molecular formula is C23H23N5O4. The van der Waals surface area contributed by atoms with E-state index in [0.29, 0.717) is 34.7 Å². The van der Waals surface area contributed by atoms with E-state index in [4.69, 9.17) is 13.9 Å². The SMILES string of the molecule is COc1ccc(CC(=O)Nc2cc(-n3nc(C)cc3C)nc(-c3ccco3)n2)cc1OC. The Morgan fingerprint density at radius 3 is 2.53 bits per heavy atom. The Morgan fingerprint density at radius 2 is 1.88 bits per heavy atom. The molecule has 3 heterocycles. The van der Waals surface area contributed by atoms with Crippen molar-refractivity contribution in [2.75, 3.05) is 19.5 Å². The predicted molar refractivity (Wildman–Crippen MR) is 118 cm³/mol. The second-order valence-electron chi connectivity index (χ2n) is 7.17. The normalized spacial score (nSPS) is 10.8. The van der Waals surface area contributed by atoms with E-state index < -0.39 is 0 Å². The second kappa shape index (κ2) is 8.93. The molecule has 0 spiro atoms. The highest BCUT2D eigenvalue weighted by Gasteiger charge is 2.15. The first kappa shape index (κ1) is 21.1. The third-order valence-electron chi connectivity index (χ3n) is 4.76. The van der Waals surface area contributed by atoms with Crippen LogP contribution in [0.3, 0.4) is 0 Å². The third kappa shape index (κ3) is 4.46. The Labute approximate surface area is 185 Å². The lowest BCUT2D eigenvalue weighted by Gasteiger charge is -2.11. The summed E-state index contributed by atoms with van der Waals surface area (Å²) < 4.78 is 17.7. The van der Waals surface area contributed by atoms with E-state index in [1.54, 1.807) is 55.5 Å². The summed E-state index contributed by atoms with van der Waals surface area (Å²) in [7, 11) is 3.12. The minimum absolute atomic E-state index is 0.135. The maximum atomic E-state index is 12.8. The number of methoxy groups -OCH3 is 2. The van der Waals surface area contributed by atoms with Crippen molar-refractivity contribution >= 4 is 11.7 Å². The van der Waals surface area contributed by atoms with Gasteiger partial charge in [0.15, 0.2) is 28.9 Å². The number of aromatic nitrogens is 4. The summed E-state index contributed by atoms with van der Waals surface area (Å²) in [5, 5.41) is 7.33. The van der Waals surface area contributed by atoms with E-state index >= 15 is 0 Å². The number of carbonyl (C=O) groups is 1. The van der Waals surface area contributed by atoms with Crippen LogP contribution in [-0.2, 0) is 11.2 Å². The highest BCUT2D eigenvalue weighted by molar-refractivity contribution is 5.91. The third-order valence-corrected chi connectivity index (χ3v) is 4.76. The van der Waals surface area contributed by atoms with Gasteiger partial charge in [-0.2, -0.15) is 5.10 Å². The molecular weight excluding hydrogens is 410 g/mol. The minimum atomic E-state index is -0.236. The number of ether oxygens (including phenoxy) is 2. The van der Waals surface area contributed by atoms with Crippen LogP contribution in [0, 0.1) is 13.8 Å². The zero-order chi connectivity index (χ0) is 22.7. The van der Waals surface area contributed by atoms with Gasteiger partial charge in [-0.3, -0.25) is 4.79 Å². The highest BCUT2D eigenvalue weighted by atomic mass is 16.5. The molecule has 3 aromatic heterocycles. The van der Waals surface area contributed by atoms with Gasteiger partial charge in [0.25, 0.3) is 0 Å². The van der Waals surface area contributed by atoms with Gasteiger partial charge in [0, 0.05) is 11.8 Å². The number of furan rings is 1. The van der Waals surface area contributed by atoms with Crippen LogP contribution in [0.25, 0.3) is 17.4 Å². The smallest absolute Gasteiger partial charge is 0.229 e. The fourth-order valence-electron chi connectivity index (χ4n) is 3.35. The summed E-state index contributed by atoms with van der Waals surface area (Å²) in [4.78, 5) is 21.8. The van der Waals surface area contributed by atoms with Crippen molar-refractivity contribution in [3.63, 3.8) is 0 Å². The van der Waals surface area contributed by atoms with Crippen LogP contribution in [0.2, 0.25) is 0 Å². The molecule has 1 N–H and O–H groups in total. The number of anilines is 1. The average Bonchev–Trinajstić information content (AvgIpc) is 3.43. The Hall–Kier alpha value is -4.14. The molecule has 0 aliphatic rings. The summed E-state index contributed by atoms with van der Waals surface area (Å²) in [5.41, 5.74) is 2.55. The van der Waals surface area contributed by atoms with Crippen molar-refractivity contribution in [2.24, 2.45) is 0 Å². The van der Waals surface area contributed by atoms with Gasteiger partial charge in [-0.15, -0.1) is 0 Å². The first-order valence-electron chi connectivity index (χ1n) is 9.94. The van der Waals surface area contributed by atoms with E-state index in [0.717, 1.165) is 17.0 Å². The molecule has 1 amide bonds. The molecule has 0 bridgehead atoms. The van der Waals surface area contributed by atoms with Crippen LogP contribution in [0.1, 0.15) is 17.0 Å². The second-order valence-corrected chi connectivity index (χ2v) is 7.17. The molecule has 0 aliphatic heterocycles. The molecule has 9 nitrogen and oxygen atoms in total. The quantitative estimate of drug-likeness (QED) is 0.473. The van der Waals surface area contributed by atoms with E-state index in [2.05, 4.69) is 20.4 Å². The summed E-state index contributed by atoms with van der Waals surface area (Å²) in [5.74, 6) is 2.64. The van der Waals surface area contributed by atoms with E-state index in [1.165, 1.54) is 0 Å².